The highest BCUT2D eigenvalue weighted by Crippen LogP contribution is 2.18. The van der Waals surface area contributed by atoms with Gasteiger partial charge in [-0.3, -0.25) is 9.59 Å². The van der Waals surface area contributed by atoms with Gasteiger partial charge in [-0.05, 0) is 32.1 Å². The summed E-state index contributed by atoms with van der Waals surface area (Å²) in [4.78, 5) is 23.0. The van der Waals surface area contributed by atoms with E-state index in [1.807, 2.05) is 0 Å². The molecular weight excluding hydrogens is 496 g/mol. The van der Waals surface area contributed by atoms with E-state index >= 15 is 0 Å². The summed E-state index contributed by atoms with van der Waals surface area (Å²) in [6.45, 7) is 4.49. The Labute approximate surface area is 250 Å². The number of carboxylic acids is 1. The lowest BCUT2D eigenvalue weighted by atomic mass is 10.0. The maximum Gasteiger partial charge on any atom is 0.306 e. The van der Waals surface area contributed by atoms with Crippen LogP contribution in [0.1, 0.15) is 213 Å². The van der Waals surface area contributed by atoms with Crippen LogP contribution in [0.4, 0.5) is 0 Å². The van der Waals surface area contributed by atoms with Gasteiger partial charge in [0.2, 0.25) is 0 Å². The molecule has 1 N–H and O–H groups in total. The molecule has 238 valence electrons. The first-order valence-electron chi connectivity index (χ1n) is 18.0. The molecule has 0 aromatic rings. The highest BCUT2D eigenvalue weighted by molar-refractivity contribution is 5.69. The average Bonchev–Trinajstić information content (AvgIpc) is 2.94. The zero-order valence-corrected chi connectivity index (χ0v) is 27.2. The molecule has 0 rings (SSSR count). The van der Waals surface area contributed by atoms with Gasteiger partial charge < -0.3 is 9.84 Å². The topological polar surface area (TPSA) is 63.6 Å². The van der Waals surface area contributed by atoms with Crippen molar-refractivity contribution in [2.75, 3.05) is 0 Å². The summed E-state index contributed by atoms with van der Waals surface area (Å²) < 4.78 is 5.89. The van der Waals surface area contributed by atoms with E-state index in [-0.39, 0.29) is 12.1 Å². The van der Waals surface area contributed by atoms with Gasteiger partial charge in [0.15, 0.2) is 0 Å². The third-order valence-corrected chi connectivity index (χ3v) is 8.33. The first kappa shape index (κ1) is 38.9. The number of ether oxygens (including phenoxy) is 1. The van der Waals surface area contributed by atoms with Gasteiger partial charge in [-0.15, -0.1) is 0 Å². The number of rotatable bonds is 33. The molecule has 0 aliphatic heterocycles. The SMILES string of the molecule is CCCCCCCCCCCCCCCCCCCC(=O)OC(CCCC)CCCCCCCCCCC(=O)O. The van der Waals surface area contributed by atoms with Crippen LogP contribution in [0.25, 0.3) is 0 Å². The smallest absolute Gasteiger partial charge is 0.306 e. The fourth-order valence-electron chi connectivity index (χ4n) is 5.64. The van der Waals surface area contributed by atoms with Crippen LogP contribution in [0.5, 0.6) is 0 Å². The molecule has 40 heavy (non-hydrogen) atoms. The number of carboxylic acid groups (broad SMARTS) is 1. The lowest BCUT2D eigenvalue weighted by molar-refractivity contribution is -0.150. The molecule has 0 saturated carbocycles. The second kappa shape index (κ2) is 32.5. The lowest BCUT2D eigenvalue weighted by Gasteiger charge is -2.18. The number of carbonyl (C=O) groups is 2. The molecule has 4 nitrogen and oxygen atoms in total. The molecule has 0 amide bonds. The monoisotopic (exact) mass is 567 g/mol. The molecule has 0 spiro atoms. The van der Waals surface area contributed by atoms with Crippen LogP contribution < -0.4 is 0 Å². The molecule has 0 saturated heterocycles. The Morgan fingerprint density at radius 2 is 0.775 bits per heavy atom. The first-order valence-corrected chi connectivity index (χ1v) is 18.0. The minimum atomic E-state index is -0.682. The Kier molecular flexibility index (Phi) is 31.6. The number of hydrogen-bond donors (Lipinski definition) is 1. The molecule has 0 radical (unpaired) electrons. The van der Waals surface area contributed by atoms with Crippen LogP contribution in [-0.2, 0) is 14.3 Å². The van der Waals surface area contributed by atoms with E-state index in [2.05, 4.69) is 13.8 Å². The van der Waals surface area contributed by atoms with Gasteiger partial charge in [-0.25, -0.2) is 0 Å². The van der Waals surface area contributed by atoms with Gasteiger partial charge >= 0.3 is 11.9 Å². The largest absolute Gasteiger partial charge is 0.481 e. The maximum absolute atomic E-state index is 12.4. The molecule has 0 fully saturated rings. The Hall–Kier alpha value is -1.06. The summed E-state index contributed by atoms with van der Waals surface area (Å²) >= 11 is 0. The molecule has 0 heterocycles. The Morgan fingerprint density at radius 3 is 1.18 bits per heavy atom. The van der Waals surface area contributed by atoms with Crippen molar-refractivity contribution in [2.45, 2.75) is 219 Å². The summed E-state index contributed by atoms with van der Waals surface area (Å²) in [6, 6.07) is 0. The third kappa shape index (κ3) is 31.5. The van der Waals surface area contributed by atoms with E-state index in [0.29, 0.717) is 12.8 Å². The van der Waals surface area contributed by atoms with Gasteiger partial charge in [0.1, 0.15) is 6.10 Å². The second-order valence-corrected chi connectivity index (χ2v) is 12.4. The van der Waals surface area contributed by atoms with Crippen LogP contribution in [0.2, 0.25) is 0 Å². The summed E-state index contributed by atoms with van der Waals surface area (Å²) in [5.41, 5.74) is 0. The van der Waals surface area contributed by atoms with Crippen LogP contribution >= 0.6 is 0 Å². The zero-order valence-electron chi connectivity index (χ0n) is 27.2. The van der Waals surface area contributed by atoms with E-state index in [9.17, 15) is 9.59 Å². The van der Waals surface area contributed by atoms with E-state index < -0.39 is 5.97 Å². The molecule has 0 aromatic carbocycles. The van der Waals surface area contributed by atoms with Crippen molar-refractivity contribution in [1.29, 1.82) is 0 Å². The molecular formula is C36H70O4. The fourth-order valence-corrected chi connectivity index (χ4v) is 5.64. The van der Waals surface area contributed by atoms with Crippen molar-refractivity contribution >= 4 is 11.9 Å². The van der Waals surface area contributed by atoms with Gasteiger partial charge in [0.05, 0.1) is 0 Å². The van der Waals surface area contributed by atoms with Crippen molar-refractivity contribution in [2.24, 2.45) is 0 Å². The van der Waals surface area contributed by atoms with Crippen LogP contribution in [-0.4, -0.2) is 23.1 Å². The standard InChI is InChI=1S/C36H70O4/c1-3-5-7-8-9-10-11-12-13-14-15-16-17-18-23-26-29-33-36(39)40-34(30-6-4-2)31-27-24-21-19-20-22-25-28-32-35(37)38/h34H,3-33H2,1-2H3,(H,37,38). The number of aliphatic carboxylic acids is 1. The number of esters is 1. The van der Waals surface area contributed by atoms with Crippen molar-refractivity contribution < 1.29 is 19.4 Å². The van der Waals surface area contributed by atoms with Gasteiger partial charge in [0.25, 0.3) is 0 Å². The highest BCUT2D eigenvalue weighted by Gasteiger charge is 2.14. The van der Waals surface area contributed by atoms with Crippen molar-refractivity contribution in [3.05, 3.63) is 0 Å². The number of unbranched alkanes of at least 4 members (excludes halogenated alkanes) is 24. The first-order chi connectivity index (χ1) is 19.6. The van der Waals surface area contributed by atoms with E-state index in [4.69, 9.17) is 9.84 Å². The molecule has 0 aromatic heterocycles. The minimum Gasteiger partial charge on any atom is -0.481 e. The Balaban J connectivity index is 3.58. The lowest BCUT2D eigenvalue weighted by Crippen LogP contribution is -2.18. The van der Waals surface area contributed by atoms with Crippen LogP contribution in [0.15, 0.2) is 0 Å². The maximum atomic E-state index is 12.4. The molecule has 4 heteroatoms. The predicted molar refractivity (Wildman–Crippen MR) is 172 cm³/mol. The zero-order chi connectivity index (χ0) is 29.4. The van der Waals surface area contributed by atoms with Crippen molar-refractivity contribution in [3.63, 3.8) is 0 Å². The molecule has 0 aliphatic carbocycles. The fraction of sp³-hybridized carbons (Fsp3) is 0.944. The molecule has 0 bridgehead atoms. The normalized spacial score (nSPS) is 12.1. The molecule has 1 unspecified atom stereocenters. The van der Waals surface area contributed by atoms with Gasteiger partial charge in [0, 0.05) is 12.8 Å². The summed E-state index contributed by atoms with van der Waals surface area (Å²) in [6.07, 6.45) is 37.3. The summed E-state index contributed by atoms with van der Waals surface area (Å²) in [5.74, 6) is -0.665. The average molecular weight is 567 g/mol. The Bertz CT molecular complexity index is 533. The quantitative estimate of drug-likeness (QED) is 0.0633. The number of hydrogen-bond acceptors (Lipinski definition) is 3. The van der Waals surface area contributed by atoms with E-state index in [1.54, 1.807) is 0 Å². The van der Waals surface area contributed by atoms with E-state index in [1.165, 1.54) is 122 Å². The van der Waals surface area contributed by atoms with Crippen molar-refractivity contribution in [1.82, 2.24) is 0 Å². The predicted octanol–water partition coefficient (Wildman–Crippen LogP) is 12.1. The van der Waals surface area contributed by atoms with Gasteiger partial charge in [-0.2, -0.15) is 0 Å². The molecule has 1 atom stereocenters. The minimum absolute atomic E-state index is 0.0171. The summed E-state index contributed by atoms with van der Waals surface area (Å²) in [5, 5.41) is 8.68. The highest BCUT2D eigenvalue weighted by atomic mass is 16.5. The van der Waals surface area contributed by atoms with Gasteiger partial charge in [-0.1, -0.05) is 168 Å². The van der Waals surface area contributed by atoms with Crippen LogP contribution in [0, 0.1) is 0 Å². The third-order valence-electron chi connectivity index (χ3n) is 8.33. The Morgan fingerprint density at radius 1 is 0.450 bits per heavy atom. The van der Waals surface area contributed by atoms with Crippen molar-refractivity contribution in [3.8, 4) is 0 Å². The second-order valence-electron chi connectivity index (χ2n) is 12.4. The molecule has 0 aliphatic rings. The summed E-state index contributed by atoms with van der Waals surface area (Å²) in [7, 11) is 0. The van der Waals surface area contributed by atoms with E-state index in [0.717, 1.165) is 64.2 Å². The van der Waals surface area contributed by atoms with Crippen LogP contribution in [0.3, 0.4) is 0 Å². The number of carbonyl (C=O) groups excluding carboxylic acids is 1.